The first-order valence-electron chi connectivity index (χ1n) is 5.16. The first kappa shape index (κ1) is 11.8. The molecule has 0 aromatic carbocycles. The van der Waals surface area contributed by atoms with Crippen molar-refractivity contribution in [2.75, 3.05) is 6.54 Å². The van der Waals surface area contributed by atoms with Crippen molar-refractivity contribution in [3.8, 4) is 0 Å². The number of hydrogen-bond acceptors (Lipinski definition) is 4. The predicted octanol–water partition coefficient (Wildman–Crippen LogP) is 0.0352. The summed E-state index contributed by atoms with van der Waals surface area (Å²) in [7, 11) is 0. The van der Waals surface area contributed by atoms with E-state index < -0.39 is 12.0 Å². The summed E-state index contributed by atoms with van der Waals surface area (Å²) in [5.41, 5.74) is 1.87. The molecule has 0 atom stereocenters. The highest BCUT2D eigenvalue weighted by Gasteiger charge is 2.17. The number of hydrogen-bond donors (Lipinski definition) is 3. The summed E-state index contributed by atoms with van der Waals surface area (Å²) in [4.78, 5) is 21.9. The highest BCUT2D eigenvalue weighted by Crippen LogP contribution is 2.20. The SMILES string of the molecule is NNC(=O)NCC(=O)OC1CCCCC1. The summed E-state index contributed by atoms with van der Waals surface area (Å²) in [5, 5.41) is 2.27. The van der Waals surface area contributed by atoms with Crippen molar-refractivity contribution >= 4 is 12.0 Å². The third-order valence-corrected chi connectivity index (χ3v) is 2.37. The van der Waals surface area contributed by atoms with Gasteiger partial charge in [0, 0.05) is 0 Å². The number of carbonyl (C=O) groups is 2. The smallest absolute Gasteiger partial charge is 0.329 e. The predicted molar refractivity (Wildman–Crippen MR) is 53.7 cm³/mol. The maximum Gasteiger partial charge on any atom is 0.329 e. The fourth-order valence-electron chi connectivity index (χ4n) is 1.61. The van der Waals surface area contributed by atoms with Crippen LogP contribution in [0.4, 0.5) is 4.79 Å². The van der Waals surface area contributed by atoms with Gasteiger partial charge in [-0.05, 0) is 25.7 Å². The summed E-state index contributed by atoms with van der Waals surface area (Å²) in [6, 6.07) is -0.587. The molecule has 0 heterocycles. The van der Waals surface area contributed by atoms with Crippen LogP contribution in [0.5, 0.6) is 0 Å². The largest absolute Gasteiger partial charge is 0.461 e. The van der Waals surface area contributed by atoms with E-state index in [9.17, 15) is 9.59 Å². The zero-order valence-corrected chi connectivity index (χ0v) is 8.62. The lowest BCUT2D eigenvalue weighted by Crippen LogP contribution is -2.42. The zero-order chi connectivity index (χ0) is 11.1. The molecule has 0 spiro atoms. The van der Waals surface area contributed by atoms with Crippen molar-refractivity contribution in [3.63, 3.8) is 0 Å². The molecule has 1 rings (SSSR count). The minimum absolute atomic E-state index is 0.0222. The van der Waals surface area contributed by atoms with E-state index in [4.69, 9.17) is 10.6 Å². The van der Waals surface area contributed by atoms with Crippen LogP contribution in [-0.2, 0) is 9.53 Å². The standard InChI is InChI=1S/C9H17N3O3/c10-12-9(14)11-6-8(13)15-7-4-2-1-3-5-7/h7H,1-6,10H2,(H2,11,12,14). The first-order valence-corrected chi connectivity index (χ1v) is 5.16. The molecule has 2 amide bonds. The first-order chi connectivity index (χ1) is 7.22. The van der Waals surface area contributed by atoms with Gasteiger partial charge in [0.1, 0.15) is 12.6 Å². The van der Waals surface area contributed by atoms with Gasteiger partial charge in [0.15, 0.2) is 0 Å². The second-order valence-corrected chi connectivity index (χ2v) is 3.58. The van der Waals surface area contributed by atoms with Crippen molar-refractivity contribution in [2.24, 2.45) is 5.84 Å². The van der Waals surface area contributed by atoms with Crippen LogP contribution < -0.4 is 16.6 Å². The van der Waals surface area contributed by atoms with Crippen LogP contribution >= 0.6 is 0 Å². The van der Waals surface area contributed by atoms with Crippen LogP contribution in [0, 0.1) is 0 Å². The van der Waals surface area contributed by atoms with Crippen LogP contribution in [0.15, 0.2) is 0 Å². The highest BCUT2D eigenvalue weighted by atomic mass is 16.5. The summed E-state index contributed by atoms with van der Waals surface area (Å²) in [5.74, 6) is 4.42. The lowest BCUT2D eigenvalue weighted by Gasteiger charge is -2.21. The fraction of sp³-hybridized carbons (Fsp3) is 0.778. The monoisotopic (exact) mass is 215 g/mol. The molecule has 0 unspecified atom stereocenters. The Balaban J connectivity index is 2.14. The Kier molecular flexibility index (Phi) is 4.89. The Hall–Kier alpha value is -1.30. The van der Waals surface area contributed by atoms with E-state index in [0.717, 1.165) is 25.7 Å². The molecule has 0 bridgehead atoms. The van der Waals surface area contributed by atoms with E-state index in [0.29, 0.717) is 0 Å². The van der Waals surface area contributed by atoms with E-state index in [1.165, 1.54) is 6.42 Å². The van der Waals surface area contributed by atoms with E-state index in [1.807, 2.05) is 5.43 Å². The average Bonchev–Trinajstić information content (AvgIpc) is 2.27. The molecule has 6 nitrogen and oxygen atoms in total. The van der Waals surface area contributed by atoms with Crippen molar-refractivity contribution in [1.82, 2.24) is 10.7 Å². The molecule has 4 N–H and O–H groups in total. The molecule has 0 aromatic rings. The summed E-state index contributed by atoms with van der Waals surface area (Å²) < 4.78 is 5.16. The Bertz CT molecular complexity index is 227. The molecule has 0 aliphatic heterocycles. The molecule has 1 saturated carbocycles. The zero-order valence-electron chi connectivity index (χ0n) is 8.62. The van der Waals surface area contributed by atoms with Crippen molar-refractivity contribution in [1.29, 1.82) is 0 Å². The lowest BCUT2D eigenvalue weighted by atomic mass is 9.98. The molecule has 1 aliphatic carbocycles. The van der Waals surface area contributed by atoms with Gasteiger partial charge >= 0.3 is 12.0 Å². The Morgan fingerprint density at radius 3 is 2.53 bits per heavy atom. The topological polar surface area (TPSA) is 93.5 Å². The van der Waals surface area contributed by atoms with Crippen LogP contribution in [0.1, 0.15) is 32.1 Å². The van der Waals surface area contributed by atoms with Gasteiger partial charge in [-0.3, -0.25) is 10.2 Å². The van der Waals surface area contributed by atoms with E-state index in [-0.39, 0.29) is 12.6 Å². The number of rotatable bonds is 3. The number of amides is 2. The number of nitrogens with two attached hydrogens (primary N) is 1. The minimum atomic E-state index is -0.587. The van der Waals surface area contributed by atoms with Crippen LogP contribution in [0.3, 0.4) is 0 Å². The average molecular weight is 215 g/mol. The quantitative estimate of drug-likeness (QED) is 0.268. The molecule has 86 valence electrons. The molecule has 0 saturated heterocycles. The number of carbonyl (C=O) groups excluding carboxylic acids is 2. The summed E-state index contributed by atoms with van der Waals surface area (Å²) >= 11 is 0. The minimum Gasteiger partial charge on any atom is -0.461 e. The maximum absolute atomic E-state index is 11.2. The molecule has 0 radical (unpaired) electrons. The number of esters is 1. The van der Waals surface area contributed by atoms with Gasteiger partial charge in [0.25, 0.3) is 0 Å². The van der Waals surface area contributed by atoms with Crippen molar-refractivity contribution in [2.45, 2.75) is 38.2 Å². The van der Waals surface area contributed by atoms with Gasteiger partial charge in [-0.1, -0.05) is 6.42 Å². The second-order valence-electron chi connectivity index (χ2n) is 3.58. The highest BCUT2D eigenvalue weighted by molar-refractivity contribution is 5.80. The third-order valence-electron chi connectivity index (χ3n) is 2.37. The number of nitrogens with one attached hydrogen (secondary N) is 2. The van der Waals surface area contributed by atoms with Gasteiger partial charge in [0.05, 0.1) is 0 Å². The molecule has 0 aromatic heterocycles. The summed E-state index contributed by atoms with van der Waals surface area (Å²) in [6.07, 6.45) is 5.29. The van der Waals surface area contributed by atoms with Gasteiger partial charge in [-0.25, -0.2) is 10.6 Å². The number of hydrazine groups is 1. The molecule has 6 heteroatoms. The molecule has 15 heavy (non-hydrogen) atoms. The van der Waals surface area contributed by atoms with Crippen LogP contribution in [0.2, 0.25) is 0 Å². The molecular weight excluding hydrogens is 198 g/mol. The number of urea groups is 1. The Labute approximate surface area is 88.5 Å². The maximum atomic E-state index is 11.2. The normalized spacial score (nSPS) is 16.9. The third kappa shape index (κ3) is 4.64. The Morgan fingerprint density at radius 1 is 1.27 bits per heavy atom. The lowest BCUT2D eigenvalue weighted by molar-refractivity contribution is -0.149. The molecule has 1 aliphatic rings. The van der Waals surface area contributed by atoms with Crippen molar-refractivity contribution < 1.29 is 14.3 Å². The van der Waals surface area contributed by atoms with E-state index >= 15 is 0 Å². The van der Waals surface area contributed by atoms with E-state index in [2.05, 4.69) is 5.32 Å². The van der Waals surface area contributed by atoms with E-state index in [1.54, 1.807) is 0 Å². The fourth-order valence-corrected chi connectivity index (χ4v) is 1.61. The van der Waals surface area contributed by atoms with Crippen LogP contribution in [0.25, 0.3) is 0 Å². The number of ether oxygens (including phenoxy) is 1. The van der Waals surface area contributed by atoms with Gasteiger partial charge in [-0.15, -0.1) is 0 Å². The van der Waals surface area contributed by atoms with Gasteiger partial charge in [0.2, 0.25) is 0 Å². The van der Waals surface area contributed by atoms with Gasteiger partial charge in [-0.2, -0.15) is 0 Å². The second kappa shape index (κ2) is 6.23. The molecule has 1 fully saturated rings. The molecular formula is C9H17N3O3. The van der Waals surface area contributed by atoms with Crippen LogP contribution in [-0.4, -0.2) is 24.6 Å². The van der Waals surface area contributed by atoms with Crippen molar-refractivity contribution in [3.05, 3.63) is 0 Å². The van der Waals surface area contributed by atoms with Gasteiger partial charge < -0.3 is 10.1 Å². The summed E-state index contributed by atoms with van der Waals surface area (Å²) in [6.45, 7) is -0.139. The Morgan fingerprint density at radius 2 is 1.93 bits per heavy atom.